The van der Waals surface area contributed by atoms with Crippen LogP contribution in [0.2, 0.25) is 5.02 Å². The van der Waals surface area contributed by atoms with E-state index in [-0.39, 0.29) is 11.5 Å². The van der Waals surface area contributed by atoms with Gasteiger partial charge in [-0.2, -0.15) is 0 Å². The van der Waals surface area contributed by atoms with Gasteiger partial charge < -0.3 is 4.90 Å². The Morgan fingerprint density at radius 3 is 2.67 bits per heavy atom. The minimum Gasteiger partial charge on any atom is -0.332 e. The Bertz CT molecular complexity index is 564. The lowest BCUT2D eigenvalue weighted by molar-refractivity contribution is -0.143. The highest BCUT2D eigenvalue weighted by atomic mass is 35.5. The van der Waals surface area contributed by atoms with E-state index in [4.69, 9.17) is 11.6 Å². The molecule has 1 aliphatic carbocycles. The smallest absolute Gasteiger partial charge is 0.226 e. The van der Waals surface area contributed by atoms with Crippen molar-refractivity contribution in [1.82, 2.24) is 4.90 Å². The first-order valence-electron chi connectivity index (χ1n) is 8.06. The van der Waals surface area contributed by atoms with Gasteiger partial charge in [-0.15, -0.1) is 0 Å². The van der Waals surface area contributed by atoms with Gasteiger partial charge in [0.2, 0.25) is 5.91 Å². The Morgan fingerprint density at radius 1 is 1.38 bits per heavy atom. The highest BCUT2D eigenvalue weighted by Crippen LogP contribution is 2.43. The number of hydrogen-bond donors (Lipinski definition) is 0. The van der Waals surface area contributed by atoms with E-state index >= 15 is 0 Å². The van der Waals surface area contributed by atoms with Gasteiger partial charge in [-0.3, -0.25) is 4.79 Å². The molecule has 1 aromatic rings. The molecule has 114 valence electrons. The zero-order chi connectivity index (χ0) is 15.2. The number of nitrogens with zero attached hydrogens (tertiary/aromatic N) is 1. The summed E-state index contributed by atoms with van der Waals surface area (Å²) in [7, 11) is 0. The first-order chi connectivity index (χ1) is 9.98. The fraction of sp³-hybridized carbons (Fsp3) is 0.611. The molecule has 0 radical (unpaired) electrons. The summed E-state index contributed by atoms with van der Waals surface area (Å²) in [6.45, 7) is 7.43. The zero-order valence-corrected chi connectivity index (χ0v) is 13.9. The van der Waals surface area contributed by atoms with Crippen molar-refractivity contribution in [3.63, 3.8) is 0 Å². The van der Waals surface area contributed by atoms with E-state index in [1.54, 1.807) is 0 Å². The number of fused-ring (bicyclic) bond motifs is 1. The number of halogens is 1. The van der Waals surface area contributed by atoms with Crippen LogP contribution >= 0.6 is 11.6 Å². The van der Waals surface area contributed by atoms with Crippen LogP contribution in [0.3, 0.4) is 0 Å². The molecule has 21 heavy (non-hydrogen) atoms. The van der Waals surface area contributed by atoms with Crippen LogP contribution in [0.5, 0.6) is 0 Å². The van der Waals surface area contributed by atoms with Crippen molar-refractivity contribution in [3.8, 4) is 0 Å². The minimum absolute atomic E-state index is 0.0412. The average Bonchev–Trinajstić information content (AvgIpc) is 3.29. The third-order valence-corrected chi connectivity index (χ3v) is 5.65. The summed E-state index contributed by atoms with van der Waals surface area (Å²) in [5.74, 6) is 1.08. The molecule has 0 spiro atoms. The first-order valence-corrected chi connectivity index (χ1v) is 8.44. The van der Waals surface area contributed by atoms with Gasteiger partial charge in [0.15, 0.2) is 0 Å². The van der Waals surface area contributed by atoms with Crippen LogP contribution in [0, 0.1) is 11.8 Å². The SMILES string of the molecule is CCC1(C(C)C)Cc2ccc(Cl)cc2CN1C(=O)C1CC1. The molecule has 2 nitrogen and oxygen atoms in total. The molecule has 1 aromatic carbocycles. The summed E-state index contributed by atoms with van der Waals surface area (Å²) in [4.78, 5) is 15.0. The summed E-state index contributed by atoms with van der Waals surface area (Å²) in [5, 5.41) is 0.765. The van der Waals surface area contributed by atoms with Crippen LogP contribution in [0.15, 0.2) is 18.2 Å². The average molecular weight is 306 g/mol. The summed E-state index contributed by atoms with van der Waals surface area (Å²) in [5.41, 5.74) is 2.54. The van der Waals surface area contributed by atoms with Crippen molar-refractivity contribution in [2.24, 2.45) is 11.8 Å². The van der Waals surface area contributed by atoms with E-state index in [9.17, 15) is 4.79 Å². The number of carbonyl (C=O) groups is 1. The predicted molar refractivity (Wildman–Crippen MR) is 86.3 cm³/mol. The first kappa shape index (κ1) is 14.9. The van der Waals surface area contributed by atoms with Gasteiger partial charge in [-0.1, -0.05) is 38.4 Å². The maximum atomic E-state index is 12.8. The second kappa shape index (κ2) is 5.31. The second-order valence-electron chi connectivity index (χ2n) is 6.90. The van der Waals surface area contributed by atoms with E-state index < -0.39 is 0 Å². The molecule has 1 fully saturated rings. The normalized spacial score (nSPS) is 25.1. The fourth-order valence-electron chi connectivity index (χ4n) is 3.76. The van der Waals surface area contributed by atoms with Crippen molar-refractivity contribution in [3.05, 3.63) is 34.3 Å². The molecular formula is C18H24ClNO. The minimum atomic E-state index is -0.0412. The molecule has 1 heterocycles. The Morgan fingerprint density at radius 2 is 2.10 bits per heavy atom. The molecule has 0 aromatic heterocycles. The number of hydrogen-bond acceptors (Lipinski definition) is 1. The van der Waals surface area contributed by atoms with E-state index in [2.05, 4.69) is 31.7 Å². The molecule has 1 amide bonds. The molecule has 3 heteroatoms. The summed E-state index contributed by atoms with van der Waals surface area (Å²) < 4.78 is 0. The van der Waals surface area contributed by atoms with Gasteiger partial charge >= 0.3 is 0 Å². The third kappa shape index (κ3) is 2.48. The van der Waals surface area contributed by atoms with Crippen LogP contribution < -0.4 is 0 Å². The van der Waals surface area contributed by atoms with Gasteiger partial charge in [0.1, 0.15) is 0 Å². The molecule has 1 saturated carbocycles. The third-order valence-electron chi connectivity index (χ3n) is 5.41. The maximum absolute atomic E-state index is 12.8. The summed E-state index contributed by atoms with van der Waals surface area (Å²) in [6, 6.07) is 6.15. The van der Waals surface area contributed by atoms with Crippen LogP contribution in [0.25, 0.3) is 0 Å². The van der Waals surface area contributed by atoms with Crippen molar-refractivity contribution in [1.29, 1.82) is 0 Å². The molecule has 1 aliphatic heterocycles. The Kier molecular flexibility index (Phi) is 3.77. The second-order valence-corrected chi connectivity index (χ2v) is 7.34. The number of rotatable bonds is 3. The molecule has 1 atom stereocenters. The summed E-state index contributed by atoms with van der Waals surface area (Å²) >= 11 is 6.14. The molecule has 0 N–H and O–H groups in total. The Hall–Kier alpha value is -1.02. The lowest BCUT2D eigenvalue weighted by atomic mass is 9.73. The number of carbonyl (C=O) groups excluding carboxylic acids is 1. The topological polar surface area (TPSA) is 20.3 Å². The van der Waals surface area contributed by atoms with E-state index in [1.165, 1.54) is 11.1 Å². The van der Waals surface area contributed by atoms with Crippen molar-refractivity contribution in [2.75, 3.05) is 0 Å². The highest BCUT2D eigenvalue weighted by molar-refractivity contribution is 6.30. The number of benzene rings is 1. The monoisotopic (exact) mass is 305 g/mol. The largest absolute Gasteiger partial charge is 0.332 e. The molecule has 3 rings (SSSR count). The van der Waals surface area contributed by atoms with Gasteiger partial charge in [-0.05, 0) is 54.9 Å². The van der Waals surface area contributed by atoms with Gasteiger partial charge in [0.05, 0.1) is 0 Å². The molecule has 2 aliphatic rings. The van der Waals surface area contributed by atoms with E-state index in [1.807, 2.05) is 12.1 Å². The molecule has 0 saturated heterocycles. The fourth-order valence-corrected chi connectivity index (χ4v) is 3.95. The van der Waals surface area contributed by atoms with E-state index in [0.29, 0.717) is 11.8 Å². The lowest BCUT2D eigenvalue weighted by Crippen LogP contribution is -2.58. The zero-order valence-electron chi connectivity index (χ0n) is 13.2. The molecule has 0 bridgehead atoms. The summed E-state index contributed by atoms with van der Waals surface area (Å²) in [6.07, 6.45) is 4.09. The van der Waals surface area contributed by atoms with Gasteiger partial charge in [-0.25, -0.2) is 0 Å². The van der Waals surface area contributed by atoms with Crippen LogP contribution in [-0.2, 0) is 17.8 Å². The predicted octanol–water partition coefficient (Wildman–Crippen LogP) is 4.44. The molecular weight excluding hydrogens is 282 g/mol. The van der Waals surface area contributed by atoms with Gasteiger partial charge in [0, 0.05) is 23.0 Å². The Labute approximate surface area is 132 Å². The van der Waals surface area contributed by atoms with Crippen molar-refractivity contribution in [2.45, 2.75) is 58.5 Å². The quantitative estimate of drug-likeness (QED) is 0.808. The maximum Gasteiger partial charge on any atom is 0.226 e. The van der Waals surface area contributed by atoms with Crippen molar-refractivity contribution < 1.29 is 4.79 Å². The highest BCUT2D eigenvalue weighted by Gasteiger charge is 2.47. The van der Waals surface area contributed by atoms with Crippen molar-refractivity contribution >= 4 is 17.5 Å². The van der Waals surface area contributed by atoms with Crippen LogP contribution in [0.1, 0.15) is 51.2 Å². The van der Waals surface area contributed by atoms with E-state index in [0.717, 1.165) is 37.3 Å². The van der Waals surface area contributed by atoms with Gasteiger partial charge in [0.25, 0.3) is 0 Å². The Balaban J connectivity index is 2.03. The standard InChI is InChI=1S/C18H24ClNO/c1-4-18(12(2)3)10-14-7-8-16(19)9-15(14)11-20(18)17(21)13-5-6-13/h7-9,12-13H,4-6,10-11H2,1-3H3. The molecule has 1 unspecified atom stereocenters. The number of amides is 1. The van der Waals surface area contributed by atoms with Crippen LogP contribution in [0.4, 0.5) is 0 Å². The van der Waals surface area contributed by atoms with Crippen LogP contribution in [-0.4, -0.2) is 16.3 Å². The lowest BCUT2D eigenvalue weighted by Gasteiger charge is -2.50.